The van der Waals surface area contributed by atoms with Crippen LogP contribution >= 0.6 is 0 Å². The molecule has 0 aromatic heterocycles. The predicted octanol–water partition coefficient (Wildman–Crippen LogP) is 3.20. The van der Waals surface area contributed by atoms with Crippen LogP contribution in [-0.4, -0.2) is 18.9 Å². The number of carbonyl (C=O) groups is 2. The van der Waals surface area contributed by atoms with E-state index in [0.717, 1.165) is 22.4 Å². The van der Waals surface area contributed by atoms with E-state index in [1.165, 1.54) is 6.92 Å². The number of hydrogen-bond donors (Lipinski definition) is 2. The lowest BCUT2D eigenvalue weighted by Gasteiger charge is -2.13. The smallest absolute Gasteiger partial charge is 0.251 e. The molecule has 2 aromatic carbocycles. The first kappa shape index (κ1) is 17.5. The van der Waals surface area contributed by atoms with Crippen LogP contribution in [-0.2, 0) is 11.3 Å². The zero-order valence-corrected chi connectivity index (χ0v) is 14.4. The van der Waals surface area contributed by atoms with Crippen LogP contribution in [0.2, 0.25) is 0 Å². The molecule has 5 nitrogen and oxygen atoms in total. The predicted molar refractivity (Wildman–Crippen MR) is 94.4 cm³/mol. The number of benzene rings is 2. The lowest BCUT2D eigenvalue weighted by molar-refractivity contribution is -0.114. The molecular weight excluding hydrogens is 304 g/mol. The monoisotopic (exact) mass is 326 g/mol. The van der Waals surface area contributed by atoms with Gasteiger partial charge in [0, 0.05) is 24.7 Å². The summed E-state index contributed by atoms with van der Waals surface area (Å²) in [7, 11) is 1.65. The highest BCUT2D eigenvalue weighted by Crippen LogP contribution is 2.23. The molecule has 0 bridgehead atoms. The van der Waals surface area contributed by atoms with Gasteiger partial charge in [0.15, 0.2) is 0 Å². The maximum absolute atomic E-state index is 12.2. The molecule has 2 aromatic rings. The molecule has 0 aliphatic heterocycles. The fraction of sp³-hybridized carbons (Fsp3) is 0.263. The first-order chi connectivity index (χ1) is 11.4. The molecule has 2 amide bonds. The zero-order chi connectivity index (χ0) is 17.7. The van der Waals surface area contributed by atoms with Gasteiger partial charge in [-0.2, -0.15) is 0 Å². The summed E-state index contributed by atoms with van der Waals surface area (Å²) in [5.41, 5.74) is 4.45. The first-order valence-electron chi connectivity index (χ1n) is 7.71. The minimum absolute atomic E-state index is 0.141. The Labute approximate surface area is 142 Å². The highest BCUT2D eigenvalue weighted by Gasteiger charge is 2.09. The number of carbonyl (C=O) groups excluding carboxylic acids is 2. The van der Waals surface area contributed by atoms with Gasteiger partial charge in [-0.1, -0.05) is 6.07 Å². The lowest BCUT2D eigenvalue weighted by atomic mass is 10.0. The minimum Gasteiger partial charge on any atom is -0.496 e. The molecule has 0 heterocycles. The van der Waals surface area contributed by atoms with Crippen LogP contribution < -0.4 is 15.4 Å². The van der Waals surface area contributed by atoms with Crippen molar-refractivity contribution in [3.8, 4) is 5.75 Å². The van der Waals surface area contributed by atoms with Gasteiger partial charge in [0.25, 0.3) is 5.91 Å². The van der Waals surface area contributed by atoms with Crippen LogP contribution in [0.15, 0.2) is 36.4 Å². The van der Waals surface area contributed by atoms with Crippen molar-refractivity contribution in [2.24, 2.45) is 0 Å². The molecule has 0 unspecified atom stereocenters. The average molecular weight is 326 g/mol. The molecule has 0 radical (unpaired) electrons. The summed E-state index contributed by atoms with van der Waals surface area (Å²) in [4.78, 5) is 23.2. The number of methoxy groups -OCH3 is 1. The van der Waals surface area contributed by atoms with E-state index in [9.17, 15) is 9.59 Å². The first-order valence-corrected chi connectivity index (χ1v) is 7.71. The molecule has 5 heteroatoms. The maximum atomic E-state index is 12.2. The quantitative estimate of drug-likeness (QED) is 0.886. The molecule has 0 spiro atoms. The summed E-state index contributed by atoms with van der Waals surface area (Å²) in [6.45, 7) is 5.91. The van der Waals surface area contributed by atoms with Crippen LogP contribution in [0, 0.1) is 13.8 Å². The Kier molecular flexibility index (Phi) is 5.58. The molecule has 0 saturated carbocycles. The van der Waals surface area contributed by atoms with Gasteiger partial charge in [-0.15, -0.1) is 0 Å². The molecule has 0 saturated heterocycles. The van der Waals surface area contributed by atoms with Gasteiger partial charge >= 0.3 is 0 Å². The van der Waals surface area contributed by atoms with Crippen molar-refractivity contribution in [1.29, 1.82) is 0 Å². The molecule has 0 atom stereocenters. The minimum atomic E-state index is -0.155. The van der Waals surface area contributed by atoms with E-state index >= 15 is 0 Å². The number of amides is 2. The van der Waals surface area contributed by atoms with Crippen molar-refractivity contribution in [2.45, 2.75) is 27.3 Å². The number of anilines is 1. The largest absolute Gasteiger partial charge is 0.496 e. The Bertz CT molecular complexity index is 752. The van der Waals surface area contributed by atoms with E-state index in [1.54, 1.807) is 31.4 Å². The van der Waals surface area contributed by atoms with Crippen LogP contribution in [0.25, 0.3) is 0 Å². The van der Waals surface area contributed by atoms with E-state index in [4.69, 9.17) is 4.74 Å². The van der Waals surface area contributed by atoms with Crippen LogP contribution in [0.5, 0.6) is 5.75 Å². The second-order valence-corrected chi connectivity index (χ2v) is 5.62. The van der Waals surface area contributed by atoms with Crippen molar-refractivity contribution >= 4 is 17.5 Å². The Hall–Kier alpha value is -2.82. The summed E-state index contributed by atoms with van der Waals surface area (Å²) in [5, 5.41) is 5.58. The molecular formula is C19H22N2O3. The average Bonchev–Trinajstić information content (AvgIpc) is 2.56. The number of ether oxygens (including phenoxy) is 1. The zero-order valence-electron chi connectivity index (χ0n) is 14.4. The van der Waals surface area contributed by atoms with Crippen LogP contribution in [0.4, 0.5) is 5.69 Å². The van der Waals surface area contributed by atoms with Gasteiger partial charge in [0.05, 0.1) is 7.11 Å². The Balaban J connectivity index is 2.03. The summed E-state index contributed by atoms with van der Waals surface area (Å²) in [6, 6.07) is 10.7. The maximum Gasteiger partial charge on any atom is 0.251 e. The van der Waals surface area contributed by atoms with Crippen molar-refractivity contribution in [3.05, 3.63) is 58.7 Å². The second kappa shape index (κ2) is 7.64. The van der Waals surface area contributed by atoms with Gasteiger partial charge < -0.3 is 15.4 Å². The van der Waals surface area contributed by atoms with Crippen molar-refractivity contribution in [2.75, 3.05) is 12.4 Å². The van der Waals surface area contributed by atoms with E-state index in [1.807, 2.05) is 26.0 Å². The number of nitrogens with one attached hydrogen (secondary N) is 2. The van der Waals surface area contributed by atoms with E-state index in [2.05, 4.69) is 10.6 Å². The summed E-state index contributed by atoms with van der Waals surface area (Å²) in [6.07, 6.45) is 0. The van der Waals surface area contributed by atoms with E-state index in [-0.39, 0.29) is 11.8 Å². The fourth-order valence-electron chi connectivity index (χ4n) is 2.45. The molecule has 0 fully saturated rings. The highest BCUT2D eigenvalue weighted by molar-refractivity contribution is 5.95. The topological polar surface area (TPSA) is 67.4 Å². The summed E-state index contributed by atoms with van der Waals surface area (Å²) in [5.74, 6) is 0.547. The van der Waals surface area contributed by atoms with Gasteiger partial charge in [0.2, 0.25) is 5.91 Å². The van der Waals surface area contributed by atoms with Gasteiger partial charge in [0.1, 0.15) is 5.75 Å². The molecule has 2 N–H and O–H groups in total. The molecule has 2 rings (SSSR count). The van der Waals surface area contributed by atoms with E-state index < -0.39 is 0 Å². The van der Waals surface area contributed by atoms with Crippen LogP contribution in [0.3, 0.4) is 0 Å². The van der Waals surface area contributed by atoms with Crippen molar-refractivity contribution in [3.63, 3.8) is 0 Å². The molecule has 0 aliphatic carbocycles. The van der Waals surface area contributed by atoms with Gasteiger partial charge in [-0.3, -0.25) is 9.59 Å². The normalized spacial score (nSPS) is 10.2. The van der Waals surface area contributed by atoms with Gasteiger partial charge in [-0.25, -0.2) is 0 Å². The molecule has 126 valence electrons. The SMILES string of the molecule is COc1ccc(CNC(=O)c2ccc(NC(C)=O)cc2)c(C)c1C. The fourth-order valence-corrected chi connectivity index (χ4v) is 2.45. The third-order valence-electron chi connectivity index (χ3n) is 3.98. The molecule has 0 aliphatic rings. The Morgan fingerprint density at radius 2 is 1.67 bits per heavy atom. The Morgan fingerprint density at radius 3 is 2.25 bits per heavy atom. The lowest BCUT2D eigenvalue weighted by Crippen LogP contribution is -2.23. The molecule has 24 heavy (non-hydrogen) atoms. The standard InChI is InChI=1S/C19H22N2O3/c1-12-13(2)18(24-4)10-7-16(12)11-20-19(23)15-5-8-17(9-6-15)21-14(3)22/h5-10H,11H2,1-4H3,(H,20,23)(H,21,22). The van der Waals surface area contributed by atoms with Crippen molar-refractivity contribution in [1.82, 2.24) is 5.32 Å². The van der Waals surface area contributed by atoms with Gasteiger partial charge in [-0.05, 0) is 60.9 Å². The van der Waals surface area contributed by atoms with E-state index in [0.29, 0.717) is 17.8 Å². The highest BCUT2D eigenvalue weighted by atomic mass is 16.5. The summed E-state index contributed by atoms with van der Waals surface area (Å²) < 4.78 is 5.30. The Morgan fingerprint density at radius 1 is 1.00 bits per heavy atom. The third kappa shape index (κ3) is 4.13. The number of hydrogen-bond acceptors (Lipinski definition) is 3. The summed E-state index contributed by atoms with van der Waals surface area (Å²) >= 11 is 0. The second-order valence-electron chi connectivity index (χ2n) is 5.62. The van der Waals surface area contributed by atoms with Crippen molar-refractivity contribution < 1.29 is 14.3 Å². The van der Waals surface area contributed by atoms with Crippen LogP contribution in [0.1, 0.15) is 34.0 Å². The number of rotatable bonds is 5. The third-order valence-corrected chi connectivity index (χ3v) is 3.98.